The van der Waals surface area contributed by atoms with Gasteiger partial charge in [-0.25, -0.2) is 13.1 Å². The highest BCUT2D eigenvalue weighted by Gasteiger charge is 2.12. The van der Waals surface area contributed by atoms with Crippen LogP contribution in [0.5, 0.6) is 0 Å². The Kier molecular flexibility index (Phi) is 5.61. The molecular formula is C12H20N2O2S. The molecule has 0 bridgehead atoms. The third kappa shape index (κ3) is 4.46. The topological polar surface area (TPSA) is 58.2 Å². The van der Waals surface area contributed by atoms with Gasteiger partial charge in [0.05, 0.1) is 4.90 Å². The number of unbranched alkanes of at least 4 members (excludes halogenated alkanes) is 1. The van der Waals surface area contributed by atoms with E-state index in [4.69, 9.17) is 0 Å². The largest absolute Gasteiger partial charge is 0.316 e. The van der Waals surface area contributed by atoms with E-state index >= 15 is 0 Å². The van der Waals surface area contributed by atoms with Gasteiger partial charge in [-0.3, -0.25) is 0 Å². The highest BCUT2D eigenvalue weighted by atomic mass is 32.2. The van der Waals surface area contributed by atoms with Crippen molar-refractivity contribution in [1.82, 2.24) is 10.0 Å². The smallest absolute Gasteiger partial charge is 0.240 e. The Morgan fingerprint density at radius 1 is 1.29 bits per heavy atom. The minimum atomic E-state index is -3.35. The van der Waals surface area contributed by atoms with Crippen LogP contribution in [-0.2, 0) is 16.6 Å². The van der Waals surface area contributed by atoms with Crippen LogP contribution in [0.25, 0.3) is 0 Å². The second-order valence-electron chi connectivity index (χ2n) is 3.93. The fourth-order valence-corrected chi connectivity index (χ4v) is 2.64. The second kappa shape index (κ2) is 6.74. The molecule has 4 nitrogen and oxygen atoms in total. The molecule has 1 rings (SSSR count). The predicted molar refractivity (Wildman–Crippen MR) is 69.3 cm³/mol. The highest BCUT2D eigenvalue weighted by molar-refractivity contribution is 7.89. The van der Waals surface area contributed by atoms with E-state index in [0.717, 1.165) is 18.4 Å². The zero-order valence-electron chi connectivity index (χ0n) is 10.4. The van der Waals surface area contributed by atoms with Gasteiger partial charge in [0.15, 0.2) is 0 Å². The number of nitrogens with one attached hydrogen (secondary N) is 2. The molecule has 0 aliphatic rings. The molecule has 5 heteroatoms. The molecular weight excluding hydrogens is 236 g/mol. The van der Waals surface area contributed by atoms with E-state index in [-0.39, 0.29) is 0 Å². The fraction of sp³-hybridized carbons (Fsp3) is 0.500. The Labute approximate surface area is 103 Å². The van der Waals surface area contributed by atoms with Crippen molar-refractivity contribution in [2.45, 2.75) is 31.2 Å². The Bertz CT molecular complexity index is 444. The number of benzene rings is 1. The van der Waals surface area contributed by atoms with Gasteiger partial charge in [0.25, 0.3) is 0 Å². The number of hydrogen-bond donors (Lipinski definition) is 2. The third-order valence-electron chi connectivity index (χ3n) is 2.41. The molecule has 0 aromatic heterocycles. The Balaban J connectivity index is 2.79. The van der Waals surface area contributed by atoms with E-state index in [0.29, 0.717) is 18.0 Å². The molecule has 96 valence electrons. The van der Waals surface area contributed by atoms with Gasteiger partial charge >= 0.3 is 0 Å². The van der Waals surface area contributed by atoms with Gasteiger partial charge in [-0.2, -0.15) is 0 Å². The molecule has 0 atom stereocenters. The number of sulfonamides is 1. The minimum Gasteiger partial charge on any atom is -0.316 e. The van der Waals surface area contributed by atoms with Gasteiger partial charge < -0.3 is 5.32 Å². The Morgan fingerprint density at radius 2 is 2.06 bits per heavy atom. The first-order chi connectivity index (χ1) is 8.10. The zero-order chi connectivity index (χ0) is 12.7. The van der Waals surface area contributed by atoms with Gasteiger partial charge in [-0.05, 0) is 31.2 Å². The molecule has 0 radical (unpaired) electrons. The van der Waals surface area contributed by atoms with Crippen molar-refractivity contribution in [3.63, 3.8) is 0 Å². The molecule has 0 aliphatic carbocycles. The summed E-state index contributed by atoms with van der Waals surface area (Å²) in [4.78, 5) is 0.335. The average molecular weight is 256 g/mol. The molecule has 17 heavy (non-hydrogen) atoms. The molecule has 0 heterocycles. The SMILES string of the molecule is CCCCNS(=O)(=O)c1cccc(CNC)c1. The maximum absolute atomic E-state index is 11.9. The van der Waals surface area contributed by atoms with Crippen molar-refractivity contribution < 1.29 is 8.42 Å². The second-order valence-corrected chi connectivity index (χ2v) is 5.70. The molecule has 0 unspecified atom stereocenters. The summed E-state index contributed by atoms with van der Waals surface area (Å²) in [6, 6.07) is 6.99. The summed E-state index contributed by atoms with van der Waals surface area (Å²) >= 11 is 0. The van der Waals surface area contributed by atoms with Crippen LogP contribution < -0.4 is 10.0 Å². The monoisotopic (exact) mass is 256 g/mol. The normalized spacial score (nSPS) is 11.6. The zero-order valence-corrected chi connectivity index (χ0v) is 11.2. The van der Waals surface area contributed by atoms with Crippen LogP contribution in [0.4, 0.5) is 0 Å². The summed E-state index contributed by atoms with van der Waals surface area (Å²) in [5.74, 6) is 0. The van der Waals surface area contributed by atoms with E-state index in [2.05, 4.69) is 10.0 Å². The summed E-state index contributed by atoms with van der Waals surface area (Å²) in [7, 11) is -1.52. The highest BCUT2D eigenvalue weighted by Crippen LogP contribution is 2.11. The Hall–Kier alpha value is -0.910. The van der Waals surface area contributed by atoms with Gasteiger partial charge in [0.1, 0.15) is 0 Å². The maximum atomic E-state index is 11.9. The first-order valence-electron chi connectivity index (χ1n) is 5.83. The lowest BCUT2D eigenvalue weighted by Crippen LogP contribution is -2.24. The van der Waals surface area contributed by atoms with E-state index < -0.39 is 10.0 Å². The van der Waals surface area contributed by atoms with Crippen LogP contribution in [0, 0.1) is 0 Å². The van der Waals surface area contributed by atoms with Crippen molar-refractivity contribution >= 4 is 10.0 Å². The molecule has 1 aromatic carbocycles. The minimum absolute atomic E-state index is 0.335. The van der Waals surface area contributed by atoms with Crippen LogP contribution in [0.1, 0.15) is 25.3 Å². The van der Waals surface area contributed by atoms with Crippen molar-refractivity contribution in [2.24, 2.45) is 0 Å². The summed E-state index contributed by atoms with van der Waals surface area (Å²) in [5, 5.41) is 3.00. The van der Waals surface area contributed by atoms with Gasteiger partial charge in [0.2, 0.25) is 10.0 Å². The predicted octanol–water partition coefficient (Wildman–Crippen LogP) is 1.48. The van der Waals surface area contributed by atoms with Crippen molar-refractivity contribution in [1.29, 1.82) is 0 Å². The molecule has 0 spiro atoms. The van der Waals surface area contributed by atoms with Gasteiger partial charge in [-0.1, -0.05) is 25.5 Å². The lowest BCUT2D eigenvalue weighted by molar-refractivity contribution is 0.578. The molecule has 0 saturated heterocycles. The van der Waals surface area contributed by atoms with E-state index in [1.54, 1.807) is 18.2 Å². The van der Waals surface area contributed by atoms with Crippen LogP contribution in [-0.4, -0.2) is 22.0 Å². The van der Waals surface area contributed by atoms with Crippen molar-refractivity contribution in [3.8, 4) is 0 Å². The summed E-state index contributed by atoms with van der Waals surface area (Å²) < 4.78 is 26.5. The molecule has 0 fully saturated rings. The van der Waals surface area contributed by atoms with Crippen LogP contribution in [0.3, 0.4) is 0 Å². The maximum Gasteiger partial charge on any atom is 0.240 e. The van der Waals surface area contributed by atoms with E-state index in [1.807, 2.05) is 20.0 Å². The molecule has 1 aromatic rings. The quantitative estimate of drug-likeness (QED) is 0.727. The third-order valence-corrected chi connectivity index (χ3v) is 3.87. The number of rotatable bonds is 7. The number of hydrogen-bond acceptors (Lipinski definition) is 3. The molecule has 0 saturated carbocycles. The first-order valence-corrected chi connectivity index (χ1v) is 7.31. The standard InChI is InChI=1S/C12H20N2O2S/c1-3-4-8-14-17(15,16)12-7-5-6-11(9-12)10-13-2/h5-7,9,13-14H,3-4,8,10H2,1-2H3. The lowest BCUT2D eigenvalue weighted by Gasteiger charge is -2.07. The average Bonchev–Trinajstić information content (AvgIpc) is 2.30. The summed E-state index contributed by atoms with van der Waals surface area (Å²) in [6.45, 7) is 3.19. The Morgan fingerprint density at radius 3 is 2.71 bits per heavy atom. The summed E-state index contributed by atoms with van der Waals surface area (Å²) in [5.41, 5.74) is 0.964. The molecule has 0 amide bonds. The lowest BCUT2D eigenvalue weighted by atomic mass is 10.2. The summed E-state index contributed by atoms with van der Waals surface area (Å²) in [6.07, 6.45) is 1.83. The van der Waals surface area contributed by atoms with Crippen LogP contribution in [0.2, 0.25) is 0 Å². The first kappa shape index (κ1) is 14.2. The van der Waals surface area contributed by atoms with Crippen molar-refractivity contribution in [3.05, 3.63) is 29.8 Å². The van der Waals surface area contributed by atoms with Gasteiger partial charge in [0, 0.05) is 13.1 Å². The van der Waals surface area contributed by atoms with Gasteiger partial charge in [-0.15, -0.1) is 0 Å². The molecule has 2 N–H and O–H groups in total. The van der Waals surface area contributed by atoms with Crippen molar-refractivity contribution in [2.75, 3.05) is 13.6 Å². The fourth-order valence-electron chi connectivity index (χ4n) is 1.49. The van der Waals surface area contributed by atoms with E-state index in [1.165, 1.54) is 0 Å². The van der Waals surface area contributed by atoms with Crippen LogP contribution in [0.15, 0.2) is 29.2 Å². The molecule has 0 aliphatic heterocycles. The van der Waals surface area contributed by atoms with Crippen LogP contribution >= 0.6 is 0 Å². The van der Waals surface area contributed by atoms with E-state index in [9.17, 15) is 8.42 Å².